The van der Waals surface area contributed by atoms with Crippen molar-refractivity contribution in [3.05, 3.63) is 63.7 Å². The molecule has 0 saturated heterocycles. The van der Waals surface area contributed by atoms with Crippen molar-refractivity contribution >= 4 is 17.3 Å². The Kier molecular flexibility index (Phi) is 4.03. The Morgan fingerprint density at radius 3 is 2.43 bits per heavy atom. The average molecular weight is 287 g/mol. The molecule has 108 valence electrons. The van der Waals surface area contributed by atoms with Crippen molar-refractivity contribution in [2.75, 3.05) is 5.73 Å². The molecule has 2 aromatic carbocycles. The number of nitro groups is 1. The molecule has 2 aromatic rings. The fraction of sp³-hybridized carbons (Fsp3) is 0.0714. The summed E-state index contributed by atoms with van der Waals surface area (Å²) in [7, 11) is 0. The molecular formula is C14H13N3O4. The quantitative estimate of drug-likeness (QED) is 0.493. The minimum Gasteiger partial charge on any atom is -0.489 e. The maximum Gasteiger partial charge on any atom is 0.292 e. The molecule has 0 unspecified atom stereocenters. The van der Waals surface area contributed by atoms with Crippen molar-refractivity contribution in [3.8, 4) is 5.75 Å². The van der Waals surface area contributed by atoms with Gasteiger partial charge in [-0.3, -0.25) is 14.9 Å². The molecule has 0 aliphatic rings. The average Bonchev–Trinajstić information content (AvgIpc) is 2.46. The molecule has 0 radical (unpaired) electrons. The number of hydrogen-bond donors (Lipinski definition) is 2. The Labute approximate surface area is 120 Å². The van der Waals surface area contributed by atoms with Gasteiger partial charge in [0.2, 0.25) is 5.91 Å². The van der Waals surface area contributed by atoms with Crippen LogP contribution in [0.15, 0.2) is 42.5 Å². The van der Waals surface area contributed by atoms with E-state index in [2.05, 4.69) is 0 Å². The van der Waals surface area contributed by atoms with Crippen LogP contribution in [-0.4, -0.2) is 10.8 Å². The van der Waals surface area contributed by atoms with Gasteiger partial charge in [-0.1, -0.05) is 12.1 Å². The van der Waals surface area contributed by atoms with Gasteiger partial charge in [-0.25, -0.2) is 0 Å². The largest absolute Gasteiger partial charge is 0.489 e. The molecular weight excluding hydrogens is 274 g/mol. The number of carbonyl (C=O) groups is 1. The summed E-state index contributed by atoms with van der Waals surface area (Å²) >= 11 is 0. The van der Waals surface area contributed by atoms with Crippen molar-refractivity contribution in [2.24, 2.45) is 5.73 Å². The van der Waals surface area contributed by atoms with E-state index in [1.165, 1.54) is 18.2 Å². The summed E-state index contributed by atoms with van der Waals surface area (Å²) in [5, 5.41) is 10.8. The van der Waals surface area contributed by atoms with Gasteiger partial charge in [0.15, 0.2) is 0 Å². The summed E-state index contributed by atoms with van der Waals surface area (Å²) < 4.78 is 5.49. The first-order valence-electron chi connectivity index (χ1n) is 6.03. The van der Waals surface area contributed by atoms with E-state index in [-0.39, 0.29) is 18.0 Å². The van der Waals surface area contributed by atoms with Gasteiger partial charge in [-0.15, -0.1) is 0 Å². The van der Waals surface area contributed by atoms with Gasteiger partial charge in [-0.2, -0.15) is 0 Å². The lowest BCUT2D eigenvalue weighted by Gasteiger charge is -2.09. The van der Waals surface area contributed by atoms with Crippen molar-refractivity contribution in [2.45, 2.75) is 6.61 Å². The third-order valence-electron chi connectivity index (χ3n) is 2.90. The van der Waals surface area contributed by atoms with Crippen molar-refractivity contribution in [1.82, 2.24) is 0 Å². The van der Waals surface area contributed by atoms with E-state index in [1.54, 1.807) is 24.3 Å². The van der Waals surface area contributed by atoms with Gasteiger partial charge >= 0.3 is 0 Å². The Bertz CT molecular complexity index is 683. The number of benzene rings is 2. The lowest BCUT2D eigenvalue weighted by molar-refractivity contribution is -0.384. The van der Waals surface area contributed by atoms with Crippen LogP contribution < -0.4 is 16.2 Å². The van der Waals surface area contributed by atoms with Gasteiger partial charge in [-0.05, 0) is 24.3 Å². The van der Waals surface area contributed by atoms with Crippen LogP contribution in [0.1, 0.15) is 15.9 Å². The fourth-order valence-electron chi connectivity index (χ4n) is 1.76. The number of nitro benzene ring substituents is 1. The third kappa shape index (κ3) is 3.27. The molecule has 1 amide bonds. The molecule has 0 atom stereocenters. The summed E-state index contributed by atoms with van der Waals surface area (Å²) in [6, 6.07) is 10.8. The zero-order valence-corrected chi connectivity index (χ0v) is 11.0. The Morgan fingerprint density at radius 2 is 1.86 bits per heavy atom. The maximum atomic E-state index is 10.9. The minimum absolute atomic E-state index is 0.0799. The van der Waals surface area contributed by atoms with E-state index in [0.29, 0.717) is 16.9 Å². The summed E-state index contributed by atoms with van der Waals surface area (Å²) in [4.78, 5) is 21.2. The molecule has 0 heterocycles. The molecule has 21 heavy (non-hydrogen) atoms. The molecule has 0 spiro atoms. The summed E-state index contributed by atoms with van der Waals surface area (Å²) in [6.45, 7) is 0.0867. The van der Waals surface area contributed by atoms with Gasteiger partial charge in [0.05, 0.1) is 4.92 Å². The summed E-state index contributed by atoms with van der Waals surface area (Å²) in [5.41, 5.74) is 11.7. The highest BCUT2D eigenvalue weighted by molar-refractivity contribution is 5.92. The molecule has 7 nitrogen and oxygen atoms in total. The van der Waals surface area contributed by atoms with E-state index >= 15 is 0 Å². The normalized spacial score (nSPS) is 10.1. The second kappa shape index (κ2) is 5.91. The van der Waals surface area contributed by atoms with Crippen LogP contribution in [0.2, 0.25) is 0 Å². The van der Waals surface area contributed by atoms with Crippen LogP contribution in [0.5, 0.6) is 5.75 Å². The first kappa shape index (κ1) is 14.3. The topological polar surface area (TPSA) is 121 Å². The van der Waals surface area contributed by atoms with Gasteiger partial charge in [0.1, 0.15) is 18.0 Å². The smallest absolute Gasteiger partial charge is 0.292 e. The van der Waals surface area contributed by atoms with E-state index < -0.39 is 10.8 Å². The van der Waals surface area contributed by atoms with Gasteiger partial charge in [0.25, 0.3) is 5.69 Å². The number of hydrogen-bond acceptors (Lipinski definition) is 5. The minimum atomic E-state index is -0.541. The van der Waals surface area contributed by atoms with Crippen LogP contribution in [0.3, 0.4) is 0 Å². The van der Waals surface area contributed by atoms with Crippen LogP contribution in [0.25, 0.3) is 0 Å². The Hall–Kier alpha value is -3.09. The van der Waals surface area contributed by atoms with E-state index in [1.807, 2.05) is 0 Å². The molecule has 0 aromatic heterocycles. The lowest BCUT2D eigenvalue weighted by Crippen LogP contribution is -2.10. The van der Waals surface area contributed by atoms with Gasteiger partial charge < -0.3 is 16.2 Å². The van der Waals surface area contributed by atoms with E-state index in [0.717, 1.165) is 0 Å². The number of nitrogens with zero attached hydrogens (tertiary/aromatic N) is 1. The summed E-state index contributed by atoms with van der Waals surface area (Å²) in [5.74, 6) is -0.0182. The number of rotatable bonds is 5. The van der Waals surface area contributed by atoms with Crippen molar-refractivity contribution in [1.29, 1.82) is 0 Å². The standard InChI is InChI=1S/C14H13N3O4/c15-13-10(2-1-3-12(13)17(19)20)8-21-11-6-4-9(5-7-11)14(16)18/h1-7H,8,15H2,(H2,16,18). The number of nitrogen functional groups attached to an aromatic ring is 1. The number of ether oxygens (including phenoxy) is 1. The predicted octanol–water partition coefficient (Wildman–Crippen LogP) is 1.85. The molecule has 0 bridgehead atoms. The molecule has 7 heteroatoms. The SMILES string of the molecule is NC(=O)c1ccc(OCc2cccc([N+](=O)[O-])c2N)cc1. The van der Waals surface area contributed by atoms with Crippen LogP contribution in [0, 0.1) is 10.1 Å². The number of anilines is 1. The van der Waals surface area contributed by atoms with E-state index in [4.69, 9.17) is 16.2 Å². The molecule has 0 saturated carbocycles. The Morgan fingerprint density at radius 1 is 1.19 bits per heavy atom. The highest BCUT2D eigenvalue weighted by atomic mass is 16.6. The highest BCUT2D eigenvalue weighted by Gasteiger charge is 2.14. The van der Waals surface area contributed by atoms with Crippen LogP contribution in [-0.2, 0) is 6.61 Å². The second-order valence-corrected chi connectivity index (χ2v) is 4.28. The summed E-state index contributed by atoms with van der Waals surface area (Å²) in [6.07, 6.45) is 0. The molecule has 0 aliphatic carbocycles. The number of amides is 1. The maximum absolute atomic E-state index is 10.9. The first-order valence-corrected chi connectivity index (χ1v) is 6.03. The monoisotopic (exact) mass is 287 g/mol. The molecule has 2 rings (SSSR count). The lowest BCUT2D eigenvalue weighted by atomic mass is 10.1. The molecule has 4 N–H and O–H groups in total. The first-order chi connectivity index (χ1) is 9.99. The zero-order valence-electron chi connectivity index (χ0n) is 11.0. The number of para-hydroxylation sites is 1. The predicted molar refractivity (Wildman–Crippen MR) is 76.8 cm³/mol. The van der Waals surface area contributed by atoms with E-state index in [9.17, 15) is 14.9 Å². The number of nitrogens with two attached hydrogens (primary N) is 2. The molecule has 0 fully saturated rings. The number of carbonyl (C=O) groups excluding carboxylic acids is 1. The van der Waals surface area contributed by atoms with Crippen molar-refractivity contribution < 1.29 is 14.5 Å². The second-order valence-electron chi connectivity index (χ2n) is 4.28. The van der Waals surface area contributed by atoms with Crippen LogP contribution >= 0.6 is 0 Å². The van der Waals surface area contributed by atoms with Crippen molar-refractivity contribution in [3.63, 3.8) is 0 Å². The third-order valence-corrected chi connectivity index (χ3v) is 2.90. The van der Waals surface area contributed by atoms with Crippen LogP contribution in [0.4, 0.5) is 11.4 Å². The fourth-order valence-corrected chi connectivity index (χ4v) is 1.76. The Balaban J connectivity index is 2.11. The molecule has 0 aliphatic heterocycles. The number of primary amides is 1. The highest BCUT2D eigenvalue weighted by Crippen LogP contribution is 2.26. The zero-order chi connectivity index (χ0) is 15.4. The van der Waals surface area contributed by atoms with Gasteiger partial charge in [0, 0.05) is 17.2 Å².